The summed E-state index contributed by atoms with van der Waals surface area (Å²) in [5.74, 6) is 0. The minimum absolute atomic E-state index is 0. The van der Waals surface area contributed by atoms with E-state index in [1.54, 1.807) is 34.5 Å². The van der Waals surface area contributed by atoms with Crippen molar-refractivity contribution in [3.63, 3.8) is 0 Å². The van der Waals surface area contributed by atoms with Gasteiger partial charge in [-0.05, 0) is 101 Å². The van der Waals surface area contributed by atoms with Crippen molar-refractivity contribution >= 4 is 27.0 Å². The van der Waals surface area contributed by atoms with E-state index in [9.17, 15) is 0 Å². The van der Waals surface area contributed by atoms with Crippen molar-refractivity contribution in [2.45, 2.75) is 170 Å². The number of fused-ring (bicyclic) bond motifs is 2. The Labute approximate surface area is 405 Å². The van der Waals surface area contributed by atoms with E-state index in [1.165, 1.54) is 182 Å². The van der Waals surface area contributed by atoms with Gasteiger partial charge in [-0.25, -0.2) is 0 Å². The molecule has 0 amide bonds. The standard InChI is InChI=1S/2C28H35.C2H6Si.2ClH.Zr/c2*1-4-12-28(13-7-5-6-8-14-28)20-23-18-24-10-9-11-26(27(24)19-23)25-16-21(2)15-22(3)17-25;1-3-2;;;/h2*9-11,15-19H,4-8,12-14,20H2,1-3H3;1-2H3;2*1H;/q2*-1;;;;+2/p-2. The summed E-state index contributed by atoms with van der Waals surface area (Å²) in [6.07, 6.45) is 25.1. The summed E-state index contributed by atoms with van der Waals surface area (Å²) in [5, 5.41) is 5.68. The fraction of sp³-hybridized carbons (Fsp3) is 0.483. The molecule has 62 heavy (non-hydrogen) atoms. The van der Waals surface area contributed by atoms with E-state index >= 15 is 0 Å². The SMILES string of the molecule is CCCC1(Cc2cc3c(-c4cc(C)cc(C)c4)cccc3[cH-]2)CCCCCC1.CCCC1(Cc2cc3c(-c4cc(C)cc(C)c4)cccc3[cH-]2)CCCCCC1.C[Si](C)=[Zr+2].[Cl-].[Cl-]. The number of hydrogen-bond donors (Lipinski definition) is 0. The molecular formula is C58H76Cl2SiZr-2. The molecule has 2 saturated carbocycles. The van der Waals surface area contributed by atoms with Crippen LogP contribution in [0.1, 0.15) is 150 Å². The largest absolute Gasteiger partial charge is 1.00 e. The van der Waals surface area contributed by atoms with Crippen LogP contribution in [0.3, 0.4) is 0 Å². The van der Waals surface area contributed by atoms with Gasteiger partial charge in [0.25, 0.3) is 0 Å². The summed E-state index contributed by atoms with van der Waals surface area (Å²) in [6.45, 7) is 18.2. The summed E-state index contributed by atoms with van der Waals surface area (Å²) < 4.78 is 0. The van der Waals surface area contributed by atoms with Crippen LogP contribution in [0.2, 0.25) is 13.1 Å². The van der Waals surface area contributed by atoms with Crippen LogP contribution in [0.15, 0.2) is 97.1 Å². The molecule has 0 radical (unpaired) electrons. The normalized spacial score (nSPS) is 15.8. The number of halogens is 2. The average Bonchev–Trinajstić information content (AvgIpc) is 3.62. The molecule has 2 fully saturated rings. The third-order valence-electron chi connectivity index (χ3n) is 13.7. The van der Waals surface area contributed by atoms with Gasteiger partial charge in [-0.1, -0.05) is 160 Å². The molecule has 0 saturated heterocycles. The van der Waals surface area contributed by atoms with Gasteiger partial charge >= 0.3 is 41.9 Å². The fourth-order valence-electron chi connectivity index (χ4n) is 11.5. The predicted octanol–water partition coefficient (Wildman–Crippen LogP) is 11.8. The Hall–Kier alpha value is -2.22. The van der Waals surface area contributed by atoms with Crippen molar-refractivity contribution in [3.05, 3.63) is 130 Å². The Kier molecular flexibility index (Phi) is 21.0. The molecule has 0 nitrogen and oxygen atoms in total. The van der Waals surface area contributed by atoms with Gasteiger partial charge in [-0.2, -0.15) is 12.1 Å². The first kappa shape index (κ1) is 52.4. The Morgan fingerprint density at radius 1 is 0.500 bits per heavy atom. The van der Waals surface area contributed by atoms with E-state index in [4.69, 9.17) is 0 Å². The van der Waals surface area contributed by atoms with Crippen LogP contribution in [0, 0.1) is 38.5 Å². The second-order valence-electron chi connectivity index (χ2n) is 19.8. The van der Waals surface area contributed by atoms with Gasteiger partial charge in [-0.3, -0.25) is 0 Å². The fourth-order valence-corrected chi connectivity index (χ4v) is 11.5. The van der Waals surface area contributed by atoms with E-state index in [2.05, 4.69) is 152 Å². The van der Waals surface area contributed by atoms with Crippen molar-refractivity contribution in [2.75, 3.05) is 0 Å². The molecule has 2 aliphatic rings. The Balaban J connectivity index is 0.000000244. The minimum Gasteiger partial charge on any atom is -1.00 e. The van der Waals surface area contributed by atoms with Crippen LogP contribution >= 0.6 is 0 Å². The Bertz CT molecular complexity index is 2110. The first-order valence-electron chi connectivity index (χ1n) is 24.0. The number of hydrogen-bond acceptors (Lipinski definition) is 0. The Morgan fingerprint density at radius 2 is 0.823 bits per heavy atom. The number of benzene rings is 4. The molecule has 0 bridgehead atoms. The van der Waals surface area contributed by atoms with Gasteiger partial charge in [0.05, 0.1) is 0 Å². The summed E-state index contributed by atoms with van der Waals surface area (Å²) >= 11 is 1.74. The van der Waals surface area contributed by atoms with Crippen LogP contribution in [-0.2, 0) is 36.2 Å². The zero-order chi connectivity index (χ0) is 42.7. The van der Waals surface area contributed by atoms with E-state index in [1.807, 2.05) is 0 Å². The van der Waals surface area contributed by atoms with Gasteiger partial charge in [0.2, 0.25) is 0 Å². The predicted molar refractivity (Wildman–Crippen MR) is 264 cm³/mol. The van der Waals surface area contributed by atoms with E-state index in [0.717, 1.165) is 0 Å². The number of aryl methyl sites for hydroxylation is 4. The smallest absolute Gasteiger partial charge is 1.00 e. The minimum atomic E-state index is 0. The average molecular weight is 963 g/mol. The van der Waals surface area contributed by atoms with E-state index in [0.29, 0.717) is 10.8 Å². The summed E-state index contributed by atoms with van der Waals surface area (Å²) in [6, 6.07) is 37.5. The molecule has 0 unspecified atom stereocenters. The van der Waals surface area contributed by atoms with Crippen molar-refractivity contribution in [3.8, 4) is 22.3 Å². The molecule has 0 heterocycles. The summed E-state index contributed by atoms with van der Waals surface area (Å²) in [4.78, 5) is 0. The van der Waals surface area contributed by atoms with Crippen LogP contribution in [0.25, 0.3) is 43.8 Å². The molecule has 2 aliphatic carbocycles. The molecule has 6 aromatic rings. The third kappa shape index (κ3) is 14.4. The maximum absolute atomic E-state index is 2.50. The van der Waals surface area contributed by atoms with Crippen LogP contribution in [0.4, 0.5) is 0 Å². The van der Waals surface area contributed by atoms with Crippen molar-refractivity contribution in [1.82, 2.24) is 0 Å². The maximum atomic E-state index is 2.50. The summed E-state index contributed by atoms with van der Waals surface area (Å²) in [7, 11) is 0. The van der Waals surface area contributed by atoms with Gasteiger partial charge in [-0.15, -0.1) is 69.1 Å². The summed E-state index contributed by atoms with van der Waals surface area (Å²) in [5.41, 5.74) is 15.3. The molecule has 332 valence electrons. The van der Waals surface area contributed by atoms with Crippen LogP contribution in [-0.4, -0.2) is 5.43 Å². The van der Waals surface area contributed by atoms with Gasteiger partial charge in [0.15, 0.2) is 0 Å². The number of rotatable bonds is 10. The first-order chi connectivity index (χ1) is 28.9. The molecule has 0 atom stereocenters. The molecule has 0 aliphatic heterocycles. The topological polar surface area (TPSA) is 0 Å². The molecule has 0 aromatic heterocycles. The monoisotopic (exact) mass is 960 g/mol. The molecule has 8 rings (SSSR count). The maximum Gasteiger partial charge on any atom is -1.00 e. The van der Waals surface area contributed by atoms with Crippen LogP contribution < -0.4 is 24.8 Å². The van der Waals surface area contributed by atoms with Crippen LogP contribution in [0.5, 0.6) is 0 Å². The zero-order valence-electron chi connectivity index (χ0n) is 39.7. The van der Waals surface area contributed by atoms with E-state index in [-0.39, 0.29) is 30.2 Å². The molecular weight excluding hydrogens is 887 g/mol. The Morgan fingerprint density at radius 3 is 1.13 bits per heavy atom. The quantitative estimate of drug-likeness (QED) is 0.0729. The van der Waals surface area contributed by atoms with E-state index < -0.39 is 0 Å². The van der Waals surface area contributed by atoms with Gasteiger partial charge in [0, 0.05) is 0 Å². The first-order valence-corrected chi connectivity index (χ1v) is 30.1. The van der Waals surface area contributed by atoms with Gasteiger partial charge < -0.3 is 24.8 Å². The molecule has 0 N–H and O–H groups in total. The molecule has 6 aromatic carbocycles. The second kappa shape index (κ2) is 24.9. The molecule has 0 spiro atoms. The van der Waals surface area contributed by atoms with Crippen molar-refractivity contribution < 1.29 is 48.1 Å². The van der Waals surface area contributed by atoms with Gasteiger partial charge in [0.1, 0.15) is 0 Å². The van der Waals surface area contributed by atoms with Crippen molar-refractivity contribution in [1.29, 1.82) is 0 Å². The van der Waals surface area contributed by atoms with Crippen molar-refractivity contribution in [2.24, 2.45) is 10.8 Å². The zero-order valence-corrected chi connectivity index (χ0v) is 44.7. The second-order valence-corrected chi connectivity index (χ2v) is 29.2. The molecule has 4 heteroatoms. The third-order valence-corrected chi connectivity index (χ3v) is 13.7.